The molecule has 1 fully saturated rings. The minimum Gasteiger partial charge on any atom is -0.404 e. The van der Waals surface area contributed by atoms with Gasteiger partial charge in [0.15, 0.2) is 0 Å². The summed E-state index contributed by atoms with van der Waals surface area (Å²) in [4.78, 5) is 0. The second kappa shape index (κ2) is 17.6. The lowest BCUT2D eigenvalue weighted by molar-refractivity contribution is -0.0980. The first kappa shape index (κ1) is 41.1. The summed E-state index contributed by atoms with van der Waals surface area (Å²) in [5.74, 6) is 0.259. The van der Waals surface area contributed by atoms with E-state index in [0.29, 0.717) is 13.2 Å². The lowest BCUT2D eigenvalue weighted by Gasteiger charge is -2.48. The minimum atomic E-state index is -2.84. The molecule has 0 saturated carbocycles. The van der Waals surface area contributed by atoms with E-state index >= 15 is 0 Å². The first-order valence-electron chi connectivity index (χ1n) is 19.7. The Morgan fingerprint density at radius 3 is 1.58 bits per heavy atom. The molecule has 0 aliphatic carbocycles. The predicted molar refractivity (Wildman–Crippen MR) is 228 cm³/mol. The third kappa shape index (κ3) is 9.07. The zero-order chi connectivity index (χ0) is 38.2. The molecule has 6 heteroatoms. The van der Waals surface area contributed by atoms with E-state index in [0.717, 1.165) is 32.1 Å². The number of ether oxygens (including phenoxy) is 1. The standard InChI is InChI=1S/C47H64O4Si2/c1-38(36-48)22-21-34-47(8)44(51-53(46(5,6)7,42-27-17-11-18-28-42)43-29-19-12-20-30-43)32-31-39(37-49-47)33-35-50-52(45(2,3)4,40-23-13-9-14-24-40)41-25-15-10-16-26-41/h9-20,23-30,33,38,44,48H,21-22,31-32,34-37H2,1-8H3/t38?,44-,47+/m1/s1. The van der Waals surface area contributed by atoms with Crippen molar-refractivity contribution < 1.29 is 18.7 Å². The van der Waals surface area contributed by atoms with Crippen molar-refractivity contribution in [3.05, 3.63) is 133 Å². The van der Waals surface area contributed by atoms with E-state index in [9.17, 15) is 5.11 Å². The van der Waals surface area contributed by atoms with E-state index in [1.165, 1.54) is 26.3 Å². The number of aliphatic hydroxyl groups excluding tert-OH is 1. The Labute approximate surface area is 322 Å². The van der Waals surface area contributed by atoms with Crippen molar-refractivity contribution in [1.29, 1.82) is 0 Å². The fourth-order valence-electron chi connectivity index (χ4n) is 8.47. The largest absolute Gasteiger partial charge is 0.404 e. The van der Waals surface area contributed by atoms with Gasteiger partial charge in [0.05, 0.1) is 24.9 Å². The average Bonchev–Trinajstić information content (AvgIpc) is 3.30. The molecule has 1 heterocycles. The molecule has 4 aromatic rings. The first-order valence-corrected chi connectivity index (χ1v) is 23.5. The zero-order valence-corrected chi connectivity index (χ0v) is 35.6. The van der Waals surface area contributed by atoms with Gasteiger partial charge < -0.3 is 18.7 Å². The van der Waals surface area contributed by atoms with Crippen LogP contribution < -0.4 is 20.7 Å². The monoisotopic (exact) mass is 748 g/mol. The third-order valence-corrected chi connectivity index (χ3v) is 21.6. The van der Waals surface area contributed by atoms with Crippen LogP contribution in [0.25, 0.3) is 0 Å². The summed E-state index contributed by atoms with van der Waals surface area (Å²) in [7, 11) is -5.52. The number of hydrogen-bond acceptors (Lipinski definition) is 4. The molecule has 4 nitrogen and oxygen atoms in total. The van der Waals surface area contributed by atoms with E-state index in [-0.39, 0.29) is 28.7 Å². The average molecular weight is 749 g/mol. The lowest BCUT2D eigenvalue weighted by atomic mass is 9.88. The highest BCUT2D eigenvalue weighted by molar-refractivity contribution is 7.00. The van der Waals surface area contributed by atoms with Crippen molar-refractivity contribution in [2.24, 2.45) is 5.92 Å². The van der Waals surface area contributed by atoms with Crippen LogP contribution in [0.1, 0.15) is 87.5 Å². The molecule has 53 heavy (non-hydrogen) atoms. The van der Waals surface area contributed by atoms with Gasteiger partial charge in [-0.2, -0.15) is 0 Å². The van der Waals surface area contributed by atoms with Gasteiger partial charge in [-0.3, -0.25) is 0 Å². The Morgan fingerprint density at radius 1 is 0.736 bits per heavy atom. The summed E-state index contributed by atoms with van der Waals surface area (Å²) in [6, 6.07) is 43.7. The topological polar surface area (TPSA) is 47.9 Å². The maximum atomic E-state index is 9.83. The summed E-state index contributed by atoms with van der Waals surface area (Å²) in [6.07, 6.45) is 6.72. The number of rotatable bonds is 14. The molecule has 0 amide bonds. The molecule has 1 aliphatic rings. The van der Waals surface area contributed by atoms with Crippen LogP contribution in [0.3, 0.4) is 0 Å². The molecule has 0 aromatic heterocycles. The van der Waals surface area contributed by atoms with Crippen molar-refractivity contribution in [2.75, 3.05) is 19.8 Å². The number of hydrogen-bond donors (Lipinski definition) is 1. The molecule has 1 N–H and O–H groups in total. The van der Waals surface area contributed by atoms with Gasteiger partial charge in [-0.1, -0.05) is 182 Å². The van der Waals surface area contributed by atoms with Gasteiger partial charge in [0.25, 0.3) is 16.6 Å². The summed E-state index contributed by atoms with van der Waals surface area (Å²) >= 11 is 0. The van der Waals surface area contributed by atoms with E-state index in [4.69, 9.17) is 13.6 Å². The highest BCUT2D eigenvalue weighted by Gasteiger charge is 2.54. The smallest absolute Gasteiger partial charge is 0.261 e. The quantitative estimate of drug-likeness (QED) is 0.104. The van der Waals surface area contributed by atoms with Crippen molar-refractivity contribution in [2.45, 2.75) is 109 Å². The molecule has 5 rings (SSSR count). The summed E-state index contributed by atoms with van der Waals surface area (Å²) < 4.78 is 22.3. The van der Waals surface area contributed by atoms with E-state index in [2.05, 4.69) is 183 Å². The van der Waals surface area contributed by atoms with Crippen LogP contribution in [0.4, 0.5) is 0 Å². The zero-order valence-electron chi connectivity index (χ0n) is 33.6. The van der Waals surface area contributed by atoms with E-state index in [1.54, 1.807) is 0 Å². The second-order valence-corrected chi connectivity index (χ2v) is 26.0. The van der Waals surface area contributed by atoms with Crippen LogP contribution in [0.2, 0.25) is 10.1 Å². The van der Waals surface area contributed by atoms with E-state index in [1.807, 2.05) is 0 Å². The number of aliphatic hydroxyl groups is 1. The molecule has 1 aliphatic heterocycles. The van der Waals surface area contributed by atoms with E-state index < -0.39 is 22.2 Å². The Morgan fingerprint density at radius 2 is 1.17 bits per heavy atom. The Hall–Kier alpha value is -3.11. The van der Waals surface area contributed by atoms with Crippen LogP contribution in [-0.2, 0) is 13.6 Å². The van der Waals surface area contributed by atoms with Crippen molar-refractivity contribution in [3.8, 4) is 0 Å². The molecule has 0 radical (unpaired) electrons. The number of benzene rings is 4. The second-order valence-electron chi connectivity index (χ2n) is 17.4. The molecule has 0 bridgehead atoms. The van der Waals surface area contributed by atoms with Gasteiger partial charge in [-0.05, 0) is 74.9 Å². The minimum absolute atomic E-state index is 0.0901. The van der Waals surface area contributed by atoms with Crippen LogP contribution in [0, 0.1) is 5.92 Å². The summed E-state index contributed by atoms with van der Waals surface area (Å²) in [5, 5.41) is 14.7. The van der Waals surface area contributed by atoms with Crippen LogP contribution >= 0.6 is 0 Å². The third-order valence-electron chi connectivity index (χ3n) is 11.5. The van der Waals surface area contributed by atoms with Gasteiger partial charge in [-0.25, -0.2) is 0 Å². The van der Waals surface area contributed by atoms with Gasteiger partial charge in [0, 0.05) is 6.61 Å². The Kier molecular flexibility index (Phi) is 13.6. The molecule has 4 aromatic carbocycles. The molecular formula is C47H64O4Si2. The Bertz CT molecular complexity index is 1640. The highest BCUT2D eigenvalue weighted by atomic mass is 28.4. The maximum Gasteiger partial charge on any atom is 0.261 e. The molecule has 0 spiro atoms. The van der Waals surface area contributed by atoms with Crippen molar-refractivity contribution in [1.82, 2.24) is 0 Å². The molecule has 1 saturated heterocycles. The van der Waals surface area contributed by atoms with Crippen LogP contribution in [-0.4, -0.2) is 53.3 Å². The lowest BCUT2D eigenvalue weighted by Crippen LogP contribution is -2.69. The van der Waals surface area contributed by atoms with Crippen LogP contribution in [0.5, 0.6) is 0 Å². The first-order chi connectivity index (χ1) is 25.3. The fraction of sp³-hybridized carbons (Fsp3) is 0.447. The molecule has 284 valence electrons. The highest BCUT2D eigenvalue weighted by Crippen LogP contribution is 2.43. The Balaban J connectivity index is 1.51. The fourth-order valence-corrected chi connectivity index (χ4v) is 17.8. The SMILES string of the molecule is CC(CO)CCC[C@]1(C)OCC(=CCO[Si](c2ccccc2)(c2ccccc2)C(C)(C)C)CC[C@H]1O[Si](c1ccccc1)(c1ccccc1)C(C)(C)C. The van der Waals surface area contributed by atoms with Gasteiger partial charge in [0.1, 0.15) is 0 Å². The van der Waals surface area contributed by atoms with Crippen molar-refractivity contribution >= 4 is 37.4 Å². The molecule has 3 atom stereocenters. The molecule has 1 unspecified atom stereocenters. The van der Waals surface area contributed by atoms with Gasteiger partial charge >= 0.3 is 0 Å². The summed E-state index contributed by atoms with van der Waals surface area (Å²) in [5.41, 5.74) is 0.767. The maximum absolute atomic E-state index is 9.83. The normalized spacial score (nSPS) is 20.2. The van der Waals surface area contributed by atoms with Gasteiger partial charge in [-0.15, -0.1) is 0 Å². The molecular weight excluding hydrogens is 685 g/mol. The van der Waals surface area contributed by atoms with Crippen molar-refractivity contribution in [3.63, 3.8) is 0 Å². The predicted octanol–water partition coefficient (Wildman–Crippen LogP) is 8.80. The summed E-state index contributed by atoms with van der Waals surface area (Å²) in [6.45, 7) is 19.7. The van der Waals surface area contributed by atoms with Crippen LogP contribution in [0.15, 0.2) is 133 Å². The van der Waals surface area contributed by atoms with Gasteiger partial charge in [0.2, 0.25) is 0 Å².